The van der Waals surface area contributed by atoms with Gasteiger partial charge in [0.15, 0.2) is 0 Å². The number of anilines is 1. The van der Waals surface area contributed by atoms with Gasteiger partial charge < -0.3 is 19.7 Å². The number of hydrogen-bond acceptors (Lipinski definition) is 4. The van der Waals surface area contributed by atoms with Crippen LogP contribution in [0.25, 0.3) is 0 Å². The number of amides is 1. The van der Waals surface area contributed by atoms with Crippen molar-refractivity contribution in [2.45, 2.75) is 45.6 Å². The Kier molecular flexibility index (Phi) is 8.00. The molecule has 162 valence electrons. The number of nitrogens with zero attached hydrogens (tertiary/aromatic N) is 1. The highest BCUT2D eigenvalue weighted by molar-refractivity contribution is 5.76. The fraction of sp³-hybridized carbons (Fsp3) is 0.480. The fourth-order valence-corrected chi connectivity index (χ4v) is 3.89. The predicted molar refractivity (Wildman–Crippen MR) is 121 cm³/mol. The van der Waals surface area contributed by atoms with E-state index in [-0.39, 0.29) is 11.9 Å². The van der Waals surface area contributed by atoms with E-state index in [0.717, 1.165) is 36.1 Å². The van der Waals surface area contributed by atoms with E-state index >= 15 is 0 Å². The Morgan fingerprint density at radius 1 is 1.13 bits per heavy atom. The van der Waals surface area contributed by atoms with Gasteiger partial charge in [0.25, 0.3) is 0 Å². The van der Waals surface area contributed by atoms with E-state index < -0.39 is 0 Å². The normalized spacial score (nSPS) is 17.3. The Bertz CT molecular complexity index is 789. The van der Waals surface area contributed by atoms with Crippen LogP contribution in [0.1, 0.15) is 51.1 Å². The summed E-state index contributed by atoms with van der Waals surface area (Å²) >= 11 is 0. The van der Waals surface area contributed by atoms with Crippen molar-refractivity contribution in [3.05, 3.63) is 54.1 Å². The average molecular weight is 411 g/mol. The molecule has 0 aliphatic carbocycles. The van der Waals surface area contributed by atoms with Crippen LogP contribution in [0.15, 0.2) is 48.5 Å². The largest absolute Gasteiger partial charge is 0.497 e. The Morgan fingerprint density at radius 3 is 2.50 bits per heavy atom. The molecule has 1 saturated heterocycles. The quantitative estimate of drug-likeness (QED) is 0.593. The molecule has 30 heavy (non-hydrogen) atoms. The molecule has 1 heterocycles. The van der Waals surface area contributed by atoms with E-state index in [4.69, 9.17) is 9.47 Å². The number of nitrogens with one attached hydrogen (secondary N) is 1. The summed E-state index contributed by atoms with van der Waals surface area (Å²) in [6.45, 7) is 7.12. The summed E-state index contributed by atoms with van der Waals surface area (Å²) in [4.78, 5) is 14.7. The molecule has 0 radical (unpaired) electrons. The molecule has 0 saturated carbocycles. The van der Waals surface area contributed by atoms with Crippen molar-refractivity contribution in [3.8, 4) is 11.5 Å². The second-order valence-corrected chi connectivity index (χ2v) is 8.20. The van der Waals surface area contributed by atoms with Gasteiger partial charge in [0.1, 0.15) is 11.5 Å². The molecule has 1 aliphatic heterocycles. The van der Waals surface area contributed by atoms with Crippen molar-refractivity contribution >= 4 is 11.6 Å². The number of carbonyl (C=O) groups is 1. The van der Waals surface area contributed by atoms with E-state index in [2.05, 4.69) is 41.4 Å². The zero-order chi connectivity index (χ0) is 21.3. The van der Waals surface area contributed by atoms with E-state index in [1.165, 1.54) is 18.5 Å². The van der Waals surface area contributed by atoms with Gasteiger partial charge in [-0.05, 0) is 74.1 Å². The van der Waals surface area contributed by atoms with Gasteiger partial charge in [-0.25, -0.2) is 0 Å². The lowest BCUT2D eigenvalue weighted by Crippen LogP contribution is -2.34. The number of piperidine rings is 1. The molecule has 3 rings (SSSR count). The summed E-state index contributed by atoms with van der Waals surface area (Å²) in [5.41, 5.74) is 2.41. The Labute approximate surface area is 180 Å². The molecule has 1 amide bonds. The second-order valence-electron chi connectivity index (χ2n) is 8.20. The first-order valence-corrected chi connectivity index (χ1v) is 11.0. The summed E-state index contributed by atoms with van der Waals surface area (Å²) in [7, 11) is 1.64. The third kappa shape index (κ3) is 6.41. The standard InChI is InChI=1S/C25H34N2O3/c1-19-6-4-16-27(18-19)22-10-8-21(9-11-22)20(2)26-25(28)7-5-17-30-24-14-12-23(29-3)13-15-24/h8-15,19-20H,4-7,16-18H2,1-3H3,(H,26,28)/t19-,20+/m0/s1. The monoisotopic (exact) mass is 410 g/mol. The summed E-state index contributed by atoms with van der Waals surface area (Å²) in [6, 6.07) is 16.1. The minimum atomic E-state index is -0.00524. The van der Waals surface area contributed by atoms with Crippen LogP contribution in [-0.4, -0.2) is 32.7 Å². The summed E-state index contributed by atoms with van der Waals surface area (Å²) in [5, 5.41) is 3.09. The highest BCUT2D eigenvalue weighted by Crippen LogP contribution is 2.24. The van der Waals surface area contributed by atoms with E-state index in [9.17, 15) is 4.79 Å². The van der Waals surface area contributed by atoms with Crippen LogP contribution in [0.5, 0.6) is 11.5 Å². The zero-order valence-corrected chi connectivity index (χ0v) is 18.4. The van der Waals surface area contributed by atoms with Crippen LogP contribution in [0.2, 0.25) is 0 Å². The van der Waals surface area contributed by atoms with Crippen LogP contribution in [-0.2, 0) is 4.79 Å². The first kappa shape index (κ1) is 22.0. The number of benzene rings is 2. The molecule has 2 aromatic carbocycles. The molecule has 1 N–H and O–H groups in total. The molecule has 1 fully saturated rings. The minimum absolute atomic E-state index is 0.00524. The molecule has 0 spiro atoms. The topological polar surface area (TPSA) is 50.8 Å². The molecule has 2 atom stereocenters. The van der Waals surface area contributed by atoms with Crippen LogP contribution >= 0.6 is 0 Å². The number of methoxy groups -OCH3 is 1. The lowest BCUT2D eigenvalue weighted by molar-refractivity contribution is -0.121. The van der Waals surface area contributed by atoms with Gasteiger partial charge in [-0.15, -0.1) is 0 Å². The minimum Gasteiger partial charge on any atom is -0.497 e. The van der Waals surface area contributed by atoms with Gasteiger partial charge in [0.2, 0.25) is 5.91 Å². The third-order valence-electron chi connectivity index (χ3n) is 5.67. The van der Waals surface area contributed by atoms with E-state index in [1.807, 2.05) is 31.2 Å². The highest BCUT2D eigenvalue weighted by Gasteiger charge is 2.17. The molecule has 0 unspecified atom stereocenters. The maximum atomic E-state index is 12.3. The maximum Gasteiger partial charge on any atom is 0.220 e. The smallest absolute Gasteiger partial charge is 0.220 e. The van der Waals surface area contributed by atoms with Crippen molar-refractivity contribution in [2.24, 2.45) is 5.92 Å². The Balaban J connectivity index is 1.39. The molecule has 5 nitrogen and oxygen atoms in total. The van der Waals surface area contributed by atoms with Crippen LogP contribution < -0.4 is 19.7 Å². The van der Waals surface area contributed by atoms with Crippen LogP contribution in [0.4, 0.5) is 5.69 Å². The number of ether oxygens (including phenoxy) is 2. The zero-order valence-electron chi connectivity index (χ0n) is 18.4. The van der Waals surface area contributed by atoms with Crippen molar-refractivity contribution in [2.75, 3.05) is 31.7 Å². The van der Waals surface area contributed by atoms with Crippen molar-refractivity contribution in [1.29, 1.82) is 0 Å². The number of carbonyl (C=O) groups excluding carboxylic acids is 1. The van der Waals surface area contributed by atoms with Crippen molar-refractivity contribution in [1.82, 2.24) is 5.32 Å². The molecule has 0 bridgehead atoms. The Morgan fingerprint density at radius 2 is 1.83 bits per heavy atom. The van der Waals surface area contributed by atoms with E-state index in [0.29, 0.717) is 19.4 Å². The molecular formula is C25H34N2O3. The summed E-state index contributed by atoms with van der Waals surface area (Å²) < 4.78 is 10.8. The van der Waals surface area contributed by atoms with Crippen LogP contribution in [0.3, 0.4) is 0 Å². The SMILES string of the molecule is COc1ccc(OCCCC(=O)N[C@H](C)c2ccc(N3CCC[C@H](C)C3)cc2)cc1. The third-order valence-corrected chi connectivity index (χ3v) is 5.67. The molecule has 1 aliphatic rings. The highest BCUT2D eigenvalue weighted by atomic mass is 16.5. The van der Waals surface area contributed by atoms with Gasteiger partial charge in [-0.3, -0.25) is 4.79 Å². The van der Waals surface area contributed by atoms with Gasteiger partial charge in [-0.2, -0.15) is 0 Å². The Hall–Kier alpha value is -2.69. The molecule has 0 aromatic heterocycles. The summed E-state index contributed by atoms with van der Waals surface area (Å²) in [5.74, 6) is 2.39. The van der Waals surface area contributed by atoms with Gasteiger partial charge in [-0.1, -0.05) is 19.1 Å². The van der Waals surface area contributed by atoms with E-state index in [1.54, 1.807) is 7.11 Å². The molecule has 2 aromatic rings. The lowest BCUT2D eigenvalue weighted by atomic mass is 9.99. The maximum absolute atomic E-state index is 12.3. The van der Waals surface area contributed by atoms with Crippen LogP contribution in [0, 0.1) is 5.92 Å². The van der Waals surface area contributed by atoms with Gasteiger partial charge in [0.05, 0.1) is 19.8 Å². The molecule has 5 heteroatoms. The lowest BCUT2D eigenvalue weighted by Gasteiger charge is -2.33. The first-order chi connectivity index (χ1) is 14.5. The first-order valence-electron chi connectivity index (χ1n) is 11.0. The van der Waals surface area contributed by atoms with Gasteiger partial charge in [0, 0.05) is 25.2 Å². The molecular weight excluding hydrogens is 376 g/mol. The number of rotatable bonds is 9. The number of hydrogen-bond donors (Lipinski definition) is 1. The summed E-state index contributed by atoms with van der Waals surface area (Å²) in [6.07, 6.45) is 3.71. The average Bonchev–Trinajstić information content (AvgIpc) is 2.77. The fourth-order valence-electron chi connectivity index (χ4n) is 3.89. The van der Waals surface area contributed by atoms with Crippen molar-refractivity contribution in [3.63, 3.8) is 0 Å². The van der Waals surface area contributed by atoms with Gasteiger partial charge >= 0.3 is 0 Å². The van der Waals surface area contributed by atoms with Crippen molar-refractivity contribution < 1.29 is 14.3 Å². The second kappa shape index (κ2) is 10.9. The predicted octanol–water partition coefficient (Wildman–Crippen LogP) is 4.97.